The van der Waals surface area contributed by atoms with Crippen LogP contribution in [0.5, 0.6) is 5.75 Å². The molecular formula is C38H52O3. The van der Waals surface area contributed by atoms with Crippen LogP contribution in [-0.2, 0) is 17.8 Å². The number of hydrogen-bond acceptors (Lipinski definition) is 3. The van der Waals surface area contributed by atoms with Gasteiger partial charge in [0.2, 0.25) is 0 Å². The molecule has 0 N–H and O–H groups in total. The standard InChI is InChI=1S/C38H52O3/c1-4-6-8-10-11-12-13-15-17-32-18-22-34(23-19-32)35-24-26-36(27-25-35)38(39)41-37-28-20-33(21-29-37)30-40-31(3)16-14-9-7-5-2/h18-29,31H,4-17,30H2,1-3H3/t31-/m0/s1. The smallest absolute Gasteiger partial charge is 0.343 e. The predicted molar refractivity (Wildman–Crippen MR) is 173 cm³/mol. The molecule has 3 heteroatoms. The lowest BCUT2D eigenvalue weighted by atomic mass is 10.00. The zero-order valence-corrected chi connectivity index (χ0v) is 25.8. The Kier molecular flexibility index (Phi) is 15.3. The van der Waals surface area contributed by atoms with Crippen LogP contribution in [0.15, 0.2) is 72.8 Å². The highest BCUT2D eigenvalue weighted by Gasteiger charge is 2.10. The first-order chi connectivity index (χ1) is 20.1. The van der Waals surface area contributed by atoms with Gasteiger partial charge in [-0.3, -0.25) is 0 Å². The molecule has 0 aliphatic carbocycles. The van der Waals surface area contributed by atoms with Gasteiger partial charge in [0.05, 0.1) is 18.3 Å². The summed E-state index contributed by atoms with van der Waals surface area (Å²) in [6, 6.07) is 24.1. The normalized spacial score (nSPS) is 11.9. The average Bonchev–Trinajstić information content (AvgIpc) is 3.00. The second-order valence-electron chi connectivity index (χ2n) is 11.5. The molecule has 3 aromatic rings. The molecule has 0 saturated heterocycles. The fraction of sp³-hybridized carbons (Fsp3) is 0.500. The van der Waals surface area contributed by atoms with Crippen molar-refractivity contribution in [3.05, 3.63) is 89.5 Å². The van der Waals surface area contributed by atoms with Gasteiger partial charge in [-0.2, -0.15) is 0 Å². The van der Waals surface area contributed by atoms with E-state index in [0.29, 0.717) is 17.9 Å². The molecule has 3 rings (SSSR count). The second-order valence-corrected chi connectivity index (χ2v) is 11.5. The maximum Gasteiger partial charge on any atom is 0.343 e. The van der Waals surface area contributed by atoms with Crippen LogP contribution in [-0.4, -0.2) is 12.1 Å². The molecule has 0 spiro atoms. The second kappa shape index (κ2) is 19.3. The van der Waals surface area contributed by atoms with Crippen LogP contribution in [0.1, 0.15) is 126 Å². The quantitative estimate of drug-likeness (QED) is 0.0788. The van der Waals surface area contributed by atoms with Crippen molar-refractivity contribution in [2.24, 2.45) is 0 Å². The van der Waals surface area contributed by atoms with Gasteiger partial charge < -0.3 is 9.47 Å². The number of benzene rings is 3. The molecule has 0 saturated carbocycles. The number of ether oxygens (including phenoxy) is 2. The first kappa shape index (κ1) is 32.6. The van der Waals surface area contributed by atoms with Crippen molar-refractivity contribution >= 4 is 5.97 Å². The highest BCUT2D eigenvalue weighted by Crippen LogP contribution is 2.23. The Morgan fingerprint density at radius 1 is 0.610 bits per heavy atom. The Morgan fingerprint density at radius 2 is 1.12 bits per heavy atom. The van der Waals surface area contributed by atoms with Gasteiger partial charge in [0, 0.05) is 0 Å². The monoisotopic (exact) mass is 556 g/mol. The first-order valence-corrected chi connectivity index (χ1v) is 16.2. The van der Waals surface area contributed by atoms with E-state index < -0.39 is 0 Å². The Bertz CT molecular complexity index is 1100. The largest absolute Gasteiger partial charge is 0.423 e. The molecule has 3 aromatic carbocycles. The zero-order valence-electron chi connectivity index (χ0n) is 25.8. The third-order valence-electron chi connectivity index (χ3n) is 7.86. The van der Waals surface area contributed by atoms with Gasteiger partial charge in [-0.1, -0.05) is 133 Å². The summed E-state index contributed by atoms with van der Waals surface area (Å²) >= 11 is 0. The molecule has 0 radical (unpaired) electrons. The molecule has 0 amide bonds. The lowest BCUT2D eigenvalue weighted by Crippen LogP contribution is -2.09. The predicted octanol–water partition coefficient (Wildman–Crippen LogP) is 11.1. The first-order valence-electron chi connectivity index (χ1n) is 16.2. The van der Waals surface area contributed by atoms with E-state index >= 15 is 0 Å². The molecule has 41 heavy (non-hydrogen) atoms. The van der Waals surface area contributed by atoms with Gasteiger partial charge in [-0.05, 0) is 72.7 Å². The van der Waals surface area contributed by atoms with E-state index in [1.54, 1.807) is 0 Å². The fourth-order valence-electron chi connectivity index (χ4n) is 5.13. The van der Waals surface area contributed by atoms with Crippen molar-refractivity contribution in [1.29, 1.82) is 0 Å². The van der Waals surface area contributed by atoms with E-state index in [1.807, 2.05) is 48.5 Å². The summed E-state index contributed by atoms with van der Waals surface area (Å²) in [5, 5.41) is 0. The minimum atomic E-state index is -0.345. The topological polar surface area (TPSA) is 35.5 Å². The van der Waals surface area contributed by atoms with Crippen LogP contribution in [0.2, 0.25) is 0 Å². The molecule has 0 aliphatic rings. The van der Waals surface area contributed by atoms with Crippen molar-refractivity contribution in [3.63, 3.8) is 0 Å². The Morgan fingerprint density at radius 3 is 1.73 bits per heavy atom. The highest BCUT2D eigenvalue weighted by atomic mass is 16.5. The van der Waals surface area contributed by atoms with E-state index in [0.717, 1.165) is 29.5 Å². The Labute approximate surface area is 249 Å². The number of hydrogen-bond donors (Lipinski definition) is 0. The summed E-state index contributed by atoms with van der Waals surface area (Å²) in [7, 11) is 0. The number of aryl methyl sites for hydroxylation is 1. The zero-order chi connectivity index (χ0) is 29.1. The van der Waals surface area contributed by atoms with Crippen molar-refractivity contribution in [3.8, 4) is 16.9 Å². The summed E-state index contributed by atoms with van der Waals surface area (Å²) in [4.78, 5) is 12.7. The van der Waals surface area contributed by atoms with Crippen molar-refractivity contribution in [2.45, 2.75) is 123 Å². The van der Waals surface area contributed by atoms with E-state index in [2.05, 4.69) is 45.0 Å². The molecule has 0 aliphatic heterocycles. The lowest BCUT2D eigenvalue weighted by molar-refractivity contribution is 0.0459. The van der Waals surface area contributed by atoms with Crippen LogP contribution in [0, 0.1) is 0 Å². The molecule has 222 valence electrons. The molecule has 0 unspecified atom stereocenters. The van der Waals surface area contributed by atoms with Gasteiger partial charge in [-0.15, -0.1) is 0 Å². The third-order valence-corrected chi connectivity index (χ3v) is 7.86. The van der Waals surface area contributed by atoms with E-state index in [4.69, 9.17) is 9.47 Å². The molecule has 0 heterocycles. The summed E-state index contributed by atoms with van der Waals surface area (Å²) in [6.07, 6.45) is 18.3. The molecule has 0 fully saturated rings. The van der Waals surface area contributed by atoms with Crippen molar-refractivity contribution < 1.29 is 14.3 Å². The van der Waals surface area contributed by atoms with Gasteiger partial charge in [0.15, 0.2) is 0 Å². The number of unbranched alkanes of at least 4 members (excludes halogenated alkanes) is 10. The fourth-order valence-corrected chi connectivity index (χ4v) is 5.13. The van der Waals surface area contributed by atoms with Gasteiger partial charge in [-0.25, -0.2) is 4.79 Å². The van der Waals surface area contributed by atoms with Gasteiger partial charge in [0.25, 0.3) is 0 Å². The van der Waals surface area contributed by atoms with Crippen molar-refractivity contribution in [1.82, 2.24) is 0 Å². The summed E-state index contributed by atoms with van der Waals surface area (Å²) in [5.74, 6) is 0.199. The SMILES string of the molecule is CCCCCCCCCCc1ccc(-c2ccc(C(=O)Oc3ccc(CO[C@@H](C)CCCCCC)cc3)cc2)cc1. The average molecular weight is 557 g/mol. The minimum Gasteiger partial charge on any atom is -0.423 e. The van der Waals surface area contributed by atoms with Crippen LogP contribution >= 0.6 is 0 Å². The minimum absolute atomic E-state index is 0.255. The number of carbonyl (C=O) groups is 1. The van der Waals surface area contributed by atoms with E-state index in [1.165, 1.54) is 82.6 Å². The highest BCUT2D eigenvalue weighted by molar-refractivity contribution is 5.91. The summed E-state index contributed by atoms with van der Waals surface area (Å²) in [6.45, 7) is 7.22. The van der Waals surface area contributed by atoms with E-state index in [9.17, 15) is 4.79 Å². The van der Waals surface area contributed by atoms with Crippen LogP contribution in [0.3, 0.4) is 0 Å². The number of carbonyl (C=O) groups excluding carboxylic acids is 1. The summed E-state index contributed by atoms with van der Waals surface area (Å²) < 4.78 is 11.6. The van der Waals surface area contributed by atoms with E-state index in [-0.39, 0.29) is 12.1 Å². The summed E-state index contributed by atoms with van der Waals surface area (Å²) in [5.41, 5.74) is 5.29. The molecule has 1 atom stereocenters. The molecule has 3 nitrogen and oxygen atoms in total. The van der Waals surface area contributed by atoms with Crippen LogP contribution < -0.4 is 4.74 Å². The molecule has 0 bridgehead atoms. The Hall–Kier alpha value is -2.91. The third kappa shape index (κ3) is 12.6. The van der Waals surface area contributed by atoms with Crippen LogP contribution in [0.4, 0.5) is 0 Å². The van der Waals surface area contributed by atoms with Crippen molar-refractivity contribution in [2.75, 3.05) is 0 Å². The maximum atomic E-state index is 12.7. The van der Waals surface area contributed by atoms with Gasteiger partial charge in [0.1, 0.15) is 5.75 Å². The van der Waals surface area contributed by atoms with Crippen LogP contribution in [0.25, 0.3) is 11.1 Å². The number of rotatable bonds is 20. The maximum absolute atomic E-state index is 12.7. The van der Waals surface area contributed by atoms with Gasteiger partial charge >= 0.3 is 5.97 Å². The number of esters is 1. The Balaban J connectivity index is 1.39. The molecular weight excluding hydrogens is 504 g/mol. The molecule has 0 aromatic heterocycles. The lowest BCUT2D eigenvalue weighted by Gasteiger charge is -2.13.